The minimum atomic E-state index is 0.266. The Morgan fingerprint density at radius 1 is 0.944 bits per heavy atom. The number of aromatic hydroxyl groups is 1. The summed E-state index contributed by atoms with van der Waals surface area (Å²) in [5, 5.41) is 10.6. The Hall–Kier alpha value is -1.87. The fourth-order valence-corrected chi connectivity index (χ4v) is 2.32. The lowest BCUT2D eigenvalue weighted by Gasteiger charge is -2.04. The Morgan fingerprint density at radius 2 is 1.83 bits per heavy atom. The number of nitrogens with zero attached hydrogens (tertiary/aromatic N) is 1. The Balaban J connectivity index is 2.18. The number of pyridine rings is 1. The lowest BCUT2D eigenvalue weighted by Crippen LogP contribution is -1.83. The Labute approximate surface area is 113 Å². The number of benzene rings is 2. The molecule has 0 saturated heterocycles. The normalized spacial score (nSPS) is 10.7. The molecule has 0 aliphatic heterocycles. The van der Waals surface area contributed by atoms with Crippen LogP contribution in [0.3, 0.4) is 0 Å². The monoisotopic (exact) mass is 299 g/mol. The Bertz CT molecular complexity index is 725. The molecular weight excluding hydrogens is 290 g/mol. The van der Waals surface area contributed by atoms with Crippen molar-refractivity contribution in [1.29, 1.82) is 0 Å². The summed E-state index contributed by atoms with van der Waals surface area (Å²) >= 11 is 3.46. The summed E-state index contributed by atoms with van der Waals surface area (Å²) in [6, 6.07) is 15.2. The zero-order valence-electron chi connectivity index (χ0n) is 9.47. The summed E-state index contributed by atoms with van der Waals surface area (Å²) in [7, 11) is 0. The van der Waals surface area contributed by atoms with Crippen LogP contribution in [-0.4, -0.2) is 10.1 Å². The number of hydrogen-bond acceptors (Lipinski definition) is 2. The molecule has 0 spiro atoms. The molecule has 3 aromatic rings. The number of halogens is 1. The molecule has 1 aromatic heterocycles. The molecule has 0 radical (unpaired) electrons. The van der Waals surface area contributed by atoms with Gasteiger partial charge in [-0.3, -0.25) is 4.98 Å². The first-order chi connectivity index (χ1) is 8.72. The van der Waals surface area contributed by atoms with Crippen molar-refractivity contribution in [2.24, 2.45) is 0 Å². The lowest BCUT2D eigenvalue weighted by molar-refractivity contribution is 0.475. The highest BCUT2D eigenvalue weighted by Gasteiger charge is 2.02. The molecule has 88 valence electrons. The minimum absolute atomic E-state index is 0.266. The molecule has 0 bridgehead atoms. The standard InChI is InChI=1S/C15H10BrNO/c16-13-4-5-15-11(7-13)6-12(9-17-15)10-2-1-3-14(18)8-10/h1-9,18H. The van der Waals surface area contributed by atoms with Crippen LogP contribution in [-0.2, 0) is 0 Å². The molecule has 0 unspecified atom stereocenters. The van der Waals surface area contributed by atoms with E-state index in [4.69, 9.17) is 0 Å². The maximum atomic E-state index is 9.50. The topological polar surface area (TPSA) is 33.1 Å². The van der Waals surface area contributed by atoms with Crippen LogP contribution in [0.5, 0.6) is 5.75 Å². The fraction of sp³-hybridized carbons (Fsp3) is 0. The van der Waals surface area contributed by atoms with E-state index in [0.717, 1.165) is 26.5 Å². The molecule has 3 rings (SSSR count). The van der Waals surface area contributed by atoms with E-state index in [1.165, 1.54) is 0 Å². The van der Waals surface area contributed by atoms with E-state index >= 15 is 0 Å². The van der Waals surface area contributed by atoms with Crippen molar-refractivity contribution in [3.63, 3.8) is 0 Å². The van der Waals surface area contributed by atoms with Crippen LogP contribution in [0.15, 0.2) is 59.2 Å². The third-order valence-electron chi connectivity index (χ3n) is 2.82. The maximum Gasteiger partial charge on any atom is 0.116 e. The highest BCUT2D eigenvalue weighted by molar-refractivity contribution is 9.10. The van der Waals surface area contributed by atoms with Gasteiger partial charge in [-0.1, -0.05) is 28.1 Å². The smallest absolute Gasteiger partial charge is 0.116 e. The van der Waals surface area contributed by atoms with Gasteiger partial charge in [0, 0.05) is 21.6 Å². The van der Waals surface area contributed by atoms with Gasteiger partial charge in [0.25, 0.3) is 0 Å². The largest absolute Gasteiger partial charge is 0.508 e. The summed E-state index contributed by atoms with van der Waals surface area (Å²) in [4.78, 5) is 4.43. The van der Waals surface area contributed by atoms with Crippen molar-refractivity contribution in [2.75, 3.05) is 0 Å². The first-order valence-electron chi connectivity index (χ1n) is 5.57. The van der Waals surface area contributed by atoms with Crippen LogP contribution in [0.4, 0.5) is 0 Å². The molecule has 2 nitrogen and oxygen atoms in total. The molecule has 0 atom stereocenters. The molecule has 18 heavy (non-hydrogen) atoms. The van der Waals surface area contributed by atoms with Crippen molar-refractivity contribution in [2.45, 2.75) is 0 Å². The van der Waals surface area contributed by atoms with Gasteiger partial charge in [-0.05, 0) is 42.0 Å². The molecule has 0 saturated carbocycles. The van der Waals surface area contributed by atoms with Gasteiger partial charge in [0.15, 0.2) is 0 Å². The van der Waals surface area contributed by atoms with E-state index < -0.39 is 0 Å². The van der Waals surface area contributed by atoms with Crippen LogP contribution in [0.25, 0.3) is 22.0 Å². The summed E-state index contributed by atoms with van der Waals surface area (Å²) in [6.07, 6.45) is 1.82. The van der Waals surface area contributed by atoms with E-state index in [1.807, 2.05) is 36.5 Å². The average molecular weight is 300 g/mol. The Morgan fingerprint density at radius 3 is 2.67 bits per heavy atom. The van der Waals surface area contributed by atoms with Gasteiger partial charge in [-0.2, -0.15) is 0 Å². The zero-order valence-corrected chi connectivity index (χ0v) is 11.1. The molecule has 3 heteroatoms. The predicted molar refractivity (Wildman–Crippen MR) is 76.5 cm³/mol. The minimum Gasteiger partial charge on any atom is -0.508 e. The summed E-state index contributed by atoms with van der Waals surface area (Å²) in [5.41, 5.74) is 2.92. The van der Waals surface area contributed by atoms with Gasteiger partial charge in [0.1, 0.15) is 5.75 Å². The first-order valence-corrected chi connectivity index (χ1v) is 6.36. The van der Waals surface area contributed by atoms with Crippen molar-refractivity contribution in [3.05, 3.63) is 59.2 Å². The number of phenols is 1. The highest BCUT2D eigenvalue weighted by atomic mass is 79.9. The molecule has 0 fully saturated rings. The Kier molecular flexibility index (Phi) is 2.76. The maximum absolute atomic E-state index is 9.50. The van der Waals surface area contributed by atoms with Crippen molar-refractivity contribution >= 4 is 26.8 Å². The van der Waals surface area contributed by atoms with Crippen LogP contribution < -0.4 is 0 Å². The van der Waals surface area contributed by atoms with Gasteiger partial charge in [-0.15, -0.1) is 0 Å². The second kappa shape index (κ2) is 4.42. The number of phenolic OH excluding ortho intramolecular Hbond substituents is 1. The number of fused-ring (bicyclic) bond motifs is 1. The third-order valence-corrected chi connectivity index (χ3v) is 3.32. The summed E-state index contributed by atoms with van der Waals surface area (Å²) < 4.78 is 1.03. The van der Waals surface area contributed by atoms with Crippen LogP contribution in [0, 0.1) is 0 Å². The van der Waals surface area contributed by atoms with Gasteiger partial charge < -0.3 is 5.11 Å². The van der Waals surface area contributed by atoms with E-state index in [-0.39, 0.29) is 5.75 Å². The molecule has 0 amide bonds. The molecule has 2 aromatic carbocycles. The van der Waals surface area contributed by atoms with E-state index in [1.54, 1.807) is 12.1 Å². The average Bonchev–Trinajstić information content (AvgIpc) is 2.38. The van der Waals surface area contributed by atoms with Crippen LogP contribution in [0.2, 0.25) is 0 Å². The van der Waals surface area contributed by atoms with Gasteiger partial charge in [0.2, 0.25) is 0 Å². The number of rotatable bonds is 1. The van der Waals surface area contributed by atoms with Crippen molar-refractivity contribution in [1.82, 2.24) is 4.98 Å². The van der Waals surface area contributed by atoms with Gasteiger partial charge >= 0.3 is 0 Å². The number of hydrogen-bond donors (Lipinski definition) is 1. The van der Waals surface area contributed by atoms with Crippen LogP contribution >= 0.6 is 15.9 Å². The molecule has 0 aliphatic carbocycles. The fourth-order valence-electron chi connectivity index (χ4n) is 1.95. The second-order valence-corrected chi connectivity index (χ2v) is 5.03. The highest BCUT2D eigenvalue weighted by Crippen LogP contribution is 2.26. The SMILES string of the molecule is Oc1cccc(-c2cnc3ccc(Br)cc3c2)c1. The van der Waals surface area contributed by atoms with Crippen molar-refractivity contribution < 1.29 is 5.11 Å². The zero-order chi connectivity index (χ0) is 12.5. The molecule has 0 aliphatic rings. The number of aromatic nitrogens is 1. The quantitative estimate of drug-likeness (QED) is 0.724. The van der Waals surface area contributed by atoms with E-state index in [9.17, 15) is 5.11 Å². The molecule has 1 heterocycles. The lowest BCUT2D eigenvalue weighted by atomic mass is 10.1. The van der Waals surface area contributed by atoms with Gasteiger partial charge in [-0.25, -0.2) is 0 Å². The molecular formula is C15H10BrNO. The predicted octanol–water partition coefficient (Wildman–Crippen LogP) is 4.37. The summed E-state index contributed by atoms with van der Waals surface area (Å²) in [6.45, 7) is 0. The second-order valence-electron chi connectivity index (χ2n) is 4.11. The first kappa shape index (κ1) is 11.2. The summed E-state index contributed by atoms with van der Waals surface area (Å²) in [5.74, 6) is 0.266. The van der Waals surface area contributed by atoms with Crippen molar-refractivity contribution in [3.8, 4) is 16.9 Å². The van der Waals surface area contributed by atoms with Crippen LogP contribution in [0.1, 0.15) is 0 Å². The third kappa shape index (κ3) is 2.09. The van der Waals surface area contributed by atoms with E-state index in [0.29, 0.717) is 0 Å². The van der Waals surface area contributed by atoms with E-state index in [2.05, 4.69) is 27.0 Å². The molecule has 1 N–H and O–H groups in total. The van der Waals surface area contributed by atoms with Gasteiger partial charge in [0.05, 0.1) is 5.52 Å².